The van der Waals surface area contributed by atoms with E-state index < -0.39 is 5.60 Å². The van der Waals surface area contributed by atoms with Gasteiger partial charge in [-0.05, 0) is 39.3 Å². The summed E-state index contributed by atoms with van der Waals surface area (Å²) in [5.74, 6) is 0.0768. The zero-order valence-electron chi connectivity index (χ0n) is 12.0. The Kier molecular flexibility index (Phi) is 4.78. The second-order valence-electron chi connectivity index (χ2n) is 5.28. The van der Waals surface area contributed by atoms with E-state index in [-0.39, 0.29) is 5.84 Å². The molecule has 0 saturated heterocycles. The molecule has 19 heavy (non-hydrogen) atoms. The number of aliphatic hydroxyl groups is 1. The lowest BCUT2D eigenvalue weighted by atomic mass is 10.0. The van der Waals surface area contributed by atoms with Gasteiger partial charge >= 0.3 is 0 Å². The number of oxime groups is 1. The van der Waals surface area contributed by atoms with E-state index in [0.717, 1.165) is 17.8 Å². The predicted octanol–water partition coefficient (Wildman–Crippen LogP) is 1.69. The highest BCUT2D eigenvalue weighted by Gasteiger charge is 2.21. The van der Waals surface area contributed by atoms with Crippen LogP contribution in [0, 0.1) is 6.92 Å². The summed E-state index contributed by atoms with van der Waals surface area (Å²) < 4.78 is 0. The smallest absolute Gasteiger partial charge is 0.172 e. The molecule has 5 heteroatoms. The van der Waals surface area contributed by atoms with Gasteiger partial charge in [-0.2, -0.15) is 0 Å². The topological polar surface area (TPSA) is 82.1 Å². The molecule has 0 aliphatic rings. The van der Waals surface area contributed by atoms with Crippen LogP contribution < -0.4 is 10.6 Å². The van der Waals surface area contributed by atoms with Crippen molar-refractivity contribution in [1.82, 2.24) is 0 Å². The molecule has 0 spiro atoms. The van der Waals surface area contributed by atoms with Crippen LogP contribution in [-0.2, 0) is 0 Å². The number of hydrogen-bond acceptors (Lipinski definition) is 4. The standard InChI is InChI=1S/C14H23N3O2/c1-5-17(9-14(3,4)18)12-10(2)7-6-8-11(12)13(15)16-19/h6-8,18-19H,5,9H2,1-4H3,(H2,15,16). The molecular formula is C14H23N3O2. The van der Waals surface area contributed by atoms with Crippen molar-refractivity contribution in [3.8, 4) is 0 Å². The number of aryl methyl sites for hydroxylation is 1. The van der Waals surface area contributed by atoms with Gasteiger partial charge in [-0.15, -0.1) is 0 Å². The fraction of sp³-hybridized carbons (Fsp3) is 0.500. The van der Waals surface area contributed by atoms with Crippen molar-refractivity contribution in [2.45, 2.75) is 33.3 Å². The maximum Gasteiger partial charge on any atom is 0.172 e. The third kappa shape index (κ3) is 3.86. The Morgan fingerprint density at radius 1 is 1.42 bits per heavy atom. The molecule has 0 saturated carbocycles. The number of para-hydroxylation sites is 1. The van der Waals surface area contributed by atoms with Crippen molar-refractivity contribution >= 4 is 11.5 Å². The minimum atomic E-state index is -0.819. The Morgan fingerprint density at radius 2 is 2.05 bits per heavy atom. The molecule has 1 rings (SSSR count). The number of anilines is 1. The van der Waals surface area contributed by atoms with Crippen LogP contribution in [-0.4, -0.2) is 34.8 Å². The second kappa shape index (κ2) is 5.93. The van der Waals surface area contributed by atoms with E-state index in [1.54, 1.807) is 13.8 Å². The zero-order chi connectivity index (χ0) is 14.6. The molecule has 0 amide bonds. The van der Waals surface area contributed by atoms with Gasteiger partial charge in [-0.1, -0.05) is 17.3 Å². The number of nitrogens with two attached hydrogens (primary N) is 1. The summed E-state index contributed by atoms with van der Waals surface area (Å²) >= 11 is 0. The number of rotatable bonds is 5. The monoisotopic (exact) mass is 265 g/mol. The highest BCUT2D eigenvalue weighted by molar-refractivity contribution is 6.02. The number of likely N-dealkylation sites (N-methyl/N-ethyl adjacent to an activating group) is 1. The van der Waals surface area contributed by atoms with Gasteiger partial charge < -0.3 is 20.9 Å². The molecule has 0 atom stereocenters. The molecule has 5 nitrogen and oxygen atoms in total. The molecule has 1 aromatic carbocycles. The molecule has 4 N–H and O–H groups in total. The highest BCUT2D eigenvalue weighted by atomic mass is 16.4. The van der Waals surface area contributed by atoms with Crippen molar-refractivity contribution in [3.63, 3.8) is 0 Å². The molecule has 0 fully saturated rings. The van der Waals surface area contributed by atoms with E-state index in [2.05, 4.69) is 5.16 Å². The normalized spacial score (nSPS) is 12.6. The fourth-order valence-corrected chi connectivity index (χ4v) is 2.16. The lowest BCUT2D eigenvalue weighted by Crippen LogP contribution is -2.40. The zero-order valence-corrected chi connectivity index (χ0v) is 12.0. The Balaban J connectivity index is 3.30. The first kappa shape index (κ1) is 15.3. The summed E-state index contributed by atoms with van der Waals surface area (Å²) in [5, 5.41) is 22.0. The molecule has 106 valence electrons. The maximum absolute atomic E-state index is 10.0. The van der Waals surface area contributed by atoms with Crippen molar-refractivity contribution in [3.05, 3.63) is 29.3 Å². The second-order valence-corrected chi connectivity index (χ2v) is 5.28. The lowest BCUT2D eigenvalue weighted by Gasteiger charge is -2.32. The minimum Gasteiger partial charge on any atom is -0.409 e. The van der Waals surface area contributed by atoms with Crippen LogP contribution in [0.4, 0.5) is 5.69 Å². The molecule has 1 aromatic rings. The van der Waals surface area contributed by atoms with Crippen molar-refractivity contribution in [1.29, 1.82) is 0 Å². The summed E-state index contributed by atoms with van der Waals surface area (Å²) in [6.07, 6.45) is 0. The van der Waals surface area contributed by atoms with Gasteiger partial charge in [-0.25, -0.2) is 0 Å². The van der Waals surface area contributed by atoms with Gasteiger partial charge in [-0.3, -0.25) is 0 Å². The molecular weight excluding hydrogens is 242 g/mol. The first-order valence-electron chi connectivity index (χ1n) is 6.35. The highest BCUT2D eigenvalue weighted by Crippen LogP contribution is 2.26. The van der Waals surface area contributed by atoms with E-state index in [0.29, 0.717) is 12.1 Å². The Labute approximate surface area is 114 Å². The average molecular weight is 265 g/mol. The van der Waals surface area contributed by atoms with E-state index >= 15 is 0 Å². The summed E-state index contributed by atoms with van der Waals surface area (Å²) in [5.41, 5.74) is 7.50. The molecule has 0 radical (unpaired) electrons. The van der Waals surface area contributed by atoms with Gasteiger partial charge in [0, 0.05) is 18.7 Å². The number of nitrogens with zero attached hydrogens (tertiary/aromatic N) is 2. The Morgan fingerprint density at radius 3 is 2.53 bits per heavy atom. The quantitative estimate of drug-likeness (QED) is 0.327. The van der Waals surface area contributed by atoms with Gasteiger partial charge in [0.2, 0.25) is 0 Å². The van der Waals surface area contributed by atoms with Gasteiger partial charge in [0.05, 0.1) is 11.3 Å². The summed E-state index contributed by atoms with van der Waals surface area (Å²) in [7, 11) is 0. The van der Waals surface area contributed by atoms with Crippen LogP contribution >= 0.6 is 0 Å². The molecule has 0 bridgehead atoms. The van der Waals surface area contributed by atoms with Crippen molar-refractivity contribution < 1.29 is 10.3 Å². The Bertz CT molecular complexity index is 464. The van der Waals surface area contributed by atoms with Crippen LogP contribution in [0.2, 0.25) is 0 Å². The van der Waals surface area contributed by atoms with Crippen LogP contribution in [0.5, 0.6) is 0 Å². The molecule has 0 aromatic heterocycles. The van der Waals surface area contributed by atoms with Gasteiger partial charge in [0.1, 0.15) is 0 Å². The fourth-order valence-electron chi connectivity index (χ4n) is 2.16. The SMILES string of the molecule is CCN(CC(C)(C)O)c1c(C)cccc1/C(N)=N/O. The van der Waals surface area contributed by atoms with Crippen molar-refractivity contribution in [2.75, 3.05) is 18.0 Å². The minimum absolute atomic E-state index is 0.0768. The predicted molar refractivity (Wildman–Crippen MR) is 77.9 cm³/mol. The van der Waals surface area contributed by atoms with E-state index in [1.165, 1.54) is 0 Å². The summed E-state index contributed by atoms with van der Waals surface area (Å²) in [6.45, 7) is 8.69. The largest absolute Gasteiger partial charge is 0.409 e. The molecule has 0 aliphatic carbocycles. The van der Waals surface area contributed by atoms with Crippen LogP contribution in [0.3, 0.4) is 0 Å². The van der Waals surface area contributed by atoms with E-state index in [4.69, 9.17) is 10.9 Å². The molecule has 0 heterocycles. The molecule has 0 aliphatic heterocycles. The van der Waals surface area contributed by atoms with E-state index in [9.17, 15) is 5.11 Å². The van der Waals surface area contributed by atoms with Gasteiger partial charge in [0.25, 0.3) is 0 Å². The van der Waals surface area contributed by atoms with Gasteiger partial charge in [0.15, 0.2) is 5.84 Å². The number of hydrogen-bond donors (Lipinski definition) is 3. The average Bonchev–Trinajstić information content (AvgIpc) is 2.34. The number of benzene rings is 1. The summed E-state index contributed by atoms with van der Waals surface area (Å²) in [6, 6.07) is 5.64. The number of amidine groups is 1. The summed E-state index contributed by atoms with van der Waals surface area (Å²) in [4.78, 5) is 2.03. The maximum atomic E-state index is 10.0. The third-order valence-electron chi connectivity index (χ3n) is 2.90. The molecule has 0 unspecified atom stereocenters. The Hall–Kier alpha value is -1.75. The van der Waals surface area contributed by atoms with Crippen molar-refractivity contribution in [2.24, 2.45) is 10.9 Å². The van der Waals surface area contributed by atoms with Crippen LogP contribution in [0.1, 0.15) is 31.9 Å². The lowest BCUT2D eigenvalue weighted by molar-refractivity contribution is 0.0875. The first-order chi connectivity index (χ1) is 8.80. The van der Waals surface area contributed by atoms with E-state index in [1.807, 2.05) is 36.9 Å². The van der Waals surface area contributed by atoms with Crippen LogP contribution in [0.25, 0.3) is 0 Å². The first-order valence-corrected chi connectivity index (χ1v) is 6.35. The third-order valence-corrected chi connectivity index (χ3v) is 2.90. The van der Waals surface area contributed by atoms with Crippen LogP contribution in [0.15, 0.2) is 23.4 Å².